The predicted molar refractivity (Wildman–Crippen MR) is 64.9 cm³/mol. The number of hydrogen-bond acceptors (Lipinski definition) is 2. The van der Waals surface area contributed by atoms with Crippen LogP contribution in [0.25, 0.3) is 0 Å². The molecule has 0 aliphatic rings. The van der Waals surface area contributed by atoms with Crippen molar-refractivity contribution in [3.05, 3.63) is 29.6 Å². The molecular weight excluding hydrogens is 200 g/mol. The van der Waals surface area contributed by atoms with E-state index in [-0.39, 0.29) is 5.91 Å². The summed E-state index contributed by atoms with van der Waals surface area (Å²) in [6.07, 6.45) is 3.35. The van der Waals surface area contributed by atoms with Crippen molar-refractivity contribution < 1.29 is 4.79 Å². The molecule has 16 heavy (non-hydrogen) atoms. The van der Waals surface area contributed by atoms with Gasteiger partial charge < -0.3 is 5.32 Å². The zero-order valence-corrected chi connectivity index (χ0v) is 10.3. The topological polar surface area (TPSA) is 42.0 Å². The van der Waals surface area contributed by atoms with Crippen LogP contribution in [0.3, 0.4) is 0 Å². The van der Waals surface area contributed by atoms with Gasteiger partial charge in [0.2, 0.25) is 5.91 Å². The molecule has 88 valence electrons. The number of amides is 1. The number of rotatable bonds is 5. The van der Waals surface area contributed by atoms with Gasteiger partial charge in [0.25, 0.3) is 0 Å². The second-order valence-corrected chi connectivity index (χ2v) is 4.52. The number of carbonyl (C=O) groups is 1. The molecule has 0 aliphatic heterocycles. The fraction of sp³-hybridized carbons (Fsp3) is 0.538. The smallest absolute Gasteiger partial charge is 0.220 e. The summed E-state index contributed by atoms with van der Waals surface area (Å²) in [5.41, 5.74) is 2.04. The number of aromatic nitrogens is 1. The third-order valence-electron chi connectivity index (χ3n) is 2.41. The maximum absolute atomic E-state index is 11.5. The Bertz CT molecular complexity index is 330. The predicted octanol–water partition coefficient (Wildman–Crippen LogP) is 2.44. The summed E-state index contributed by atoms with van der Waals surface area (Å²) in [7, 11) is 0. The average molecular weight is 220 g/mol. The van der Waals surface area contributed by atoms with Gasteiger partial charge in [0, 0.05) is 24.9 Å². The second-order valence-electron chi connectivity index (χ2n) is 4.52. The number of carbonyl (C=O) groups excluding carboxylic acids is 1. The number of pyridine rings is 1. The first-order valence-electron chi connectivity index (χ1n) is 5.76. The zero-order chi connectivity index (χ0) is 12.0. The minimum Gasteiger partial charge on any atom is -0.352 e. The first kappa shape index (κ1) is 12.7. The van der Waals surface area contributed by atoms with Gasteiger partial charge in [-0.1, -0.05) is 19.9 Å². The molecule has 0 radical (unpaired) electrons. The molecule has 3 nitrogen and oxygen atoms in total. The van der Waals surface area contributed by atoms with Gasteiger partial charge in [-0.05, 0) is 30.9 Å². The van der Waals surface area contributed by atoms with E-state index in [0.29, 0.717) is 18.9 Å². The van der Waals surface area contributed by atoms with E-state index in [0.717, 1.165) is 17.7 Å². The van der Waals surface area contributed by atoms with E-state index in [4.69, 9.17) is 0 Å². The fourth-order valence-electron chi connectivity index (χ4n) is 1.31. The van der Waals surface area contributed by atoms with Crippen molar-refractivity contribution in [3.8, 4) is 0 Å². The summed E-state index contributed by atoms with van der Waals surface area (Å²) >= 11 is 0. The van der Waals surface area contributed by atoms with Crippen LogP contribution < -0.4 is 5.32 Å². The molecule has 0 unspecified atom stereocenters. The molecule has 0 bridgehead atoms. The number of hydrogen-bond donors (Lipinski definition) is 1. The molecule has 0 saturated carbocycles. The highest BCUT2D eigenvalue weighted by molar-refractivity contribution is 5.75. The second kappa shape index (κ2) is 6.26. The van der Waals surface area contributed by atoms with Gasteiger partial charge in [-0.25, -0.2) is 0 Å². The van der Waals surface area contributed by atoms with E-state index in [1.165, 1.54) is 0 Å². The number of nitrogens with one attached hydrogen (secondary N) is 1. The van der Waals surface area contributed by atoms with Crippen LogP contribution in [0.1, 0.15) is 37.9 Å². The molecule has 0 saturated heterocycles. The molecular formula is C13H20N2O. The minimum absolute atomic E-state index is 0.120. The average Bonchev–Trinajstić information content (AvgIpc) is 2.25. The van der Waals surface area contributed by atoms with Crippen LogP contribution in [0, 0.1) is 12.8 Å². The molecule has 1 N–H and O–H groups in total. The molecule has 0 fully saturated rings. The number of aryl methyl sites for hydroxylation is 1. The van der Waals surface area contributed by atoms with Crippen LogP contribution in [0.2, 0.25) is 0 Å². The summed E-state index contributed by atoms with van der Waals surface area (Å²) in [6.45, 7) is 6.77. The molecule has 0 atom stereocenters. The van der Waals surface area contributed by atoms with E-state index in [1.807, 2.05) is 19.1 Å². The highest BCUT2D eigenvalue weighted by Gasteiger charge is 2.03. The van der Waals surface area contributed by atoms with Gasteiger partial charge in [0.05, 0.1) is 0 Å². The molecule has 1 amide bonds. The van der Waals surface area contributed by atoms with Crippen molar-refractivity contribution >= 4 is 5.91 Å². The Morgan fingerprint density at radius 2 is 2.19 bits per heavy atom. The van der Waals surface area contributed by atoms with E-state index in [9.17, 15) is 4.79 Å². The Labute approximate surface area is 97.3 Å². The maximum Gasteiger partial charge on any atom is 0.220 e. The van der Waals surface area contributed by atoms with Gasteiger partial charge in [-0.2, -0.15) is 0 Å². The normalized spacial score (nSPS) is 10.5. The highest BCUT2D eigenvalue weighted by atomic mass is 16.1. The first-order chi connectivity index (χ1) is 7.58. The SMILES string of the molecule is Cc1ccc(CNC(=O)CCC(C)C)cn1. The van der Waals surface area contributed by atoms with Gasteiger partial charge in [-0.15, -0.1) is 0 Å². The van der Waals surface area contributed by atoms with Gasteiger partial charge in [0.1, 0.15) is 0 Å². The van der Waals surface area contributed by atoms with Crippen molar-refractivity contribution in [1.29, 1.82) is 0 Å². The van der Waals surface area contributed by atoms with Crippen molar-refractivity contribution in [2.75, 3.05) is 0 Å². The first-order valence-corrected chi connectivity index (χ1v) is 5.76. The zero-order valence-electron chi connectivity index (χ0n) is 10.3. The van der Waals surface area contributed by atoms with Crippen LogP contribution >= 0.6 is 0 Å². The number of nitrogens with zero attached hydrogens (tertiary/aromatic N) is 1. The summed E-state index contributed by atoms with van der Waals surface area (Å²) in [5, 5.41) is 2.89. The fourth-order valence-corrected chi connectivity index (χ4v) is 1.31. The van der Waals surface area contributed by atoms with Crippen molar-refractivity contribution in [3.63, 3.8) is 0 Å². The highest BCUT2D eigenvalue weighted by Crippen LogP contribution is 2.03. The molecule has 3 heteroatoms. The lowest BCUT2D eigenvalue weighted by molar-refractivity contribution is -0.121. The molecule has 1 aromatic heterocycles. The van der Waals surface area contributed by atoms with Crippen LogP contribution in [0.4, 0.5) is 0 Å². The van der Waals surface area contributed by atoms with Crippen molar-refractivity contribution in [2.24, 2.45) is 5.92 Å². The largest absolute Gasteiger partial charge is 0.352 e. The quantitative estimate of drug-likeness (QED) is 0.828. The monoisotopic (exact) mass is 220 g/mol. The molecule has 1 heterocycles. The summed E-state index contributed by atoms with van der Waals surface area (Å²) in [5.74, 6) is 0.695. The van der Waals surface area contributed by atoms with Crippen molar-refractivity contribution in [2.45, 2.75) is 40.2 Å². The summed E-state index contributed by atoms with van der Waals surface area (Å²) in [6, 6.07) is 3.95. The Balaban J connectivity index is 2.29. The standard InChI is InChI=1S/C13H20N2O/c1-10(2)4-7-13(16)15-9-12-6-5-11(3)14-8-12/h5-6,8,10H,4,7,9H2,1-3H3,(H,15,16). The lowest BCUT2D eigenvalue weighted by Gasteiger charge is -2.06. The van der Waals surface area contributed by atoms with Crippen LogP contribution in [-0.2, 0) is 11.3 Å². The third kappa shape index (κ3) is 4.91. The molecule has 1 rings (SSSR count). The molecule has 0 spiro atoms. The third-order valence-corrected chi connectivity index (χ3v) is 2.41. The minimum atomic E-state index is 0.120. The lowest BCUT2D eigenvalue weighted by atomic mass is 10.1. The van der Waals surface area contributed by atoms with Gasteiger partial charge in [0.15, 0.2) is 0 Å². The van der Waals surface area contributed by atoms with E-state index < -0.39 is 0 Å². The van der Waals surface area contributed by atoms with E-state index in [1.54, 1.807) is 6.20 Å². The summed E-state index contributed by atoms with van der Waals surface area (Å²) in [4.78, 5) is 15.6. The maximum atomic E-state index is 11.5. The summed E-state index contributed by atoms with van der Waals surface area (Å²) < 4.78 is 0. The molecule has 0 aromatic carbocycles. The lowest BCUT2D eigenvalue weighted by Crippen LogP contribution is -2.22. The van der Waals surface area contributed by atoms with E-state index >= 15 is 0 Å². The Morgan fingerprint density at radius 1 is 1.44 bits per heavy atom. The Morgan fingerprint density at radius 3 is 2.75 bits per heavy atom. The van der Waals surface area contributed by atoms with Crippen LogP contribution in [-0.4, -0.2) is 10.9 Å². The van der Waals surface area contributed by atoms with Crippen molar-refractivity contribution in [1.82, 2.24) is 10.3 Å². The Hall–Kier alpha value is -1.38. The van der Waals surface area contributed by atoms with E-state index in [2.05, 4.69) is 24.1 Å². The Kier molecular flexibility index (Phi) is 4.96. The van der Waals surface area contributed by atoms with Crippen LogP contribution in [0.5, 0.6) is 0 Å². The molecule has 0 aliphatic carbocycles. The van der Waals surface area contributed by atoms with Crippen LogP contribution in [0.15, 0.2) is 18.3 Å². The van der Waals surface area contributed by atoms with Gasteiger partial charge >= 0.3 is 0 Å². The molecule has 1 aromatic rings. The van der Waals surface area contributed by atoms with Gasteiger partial charge in [-0.3, -0.25) is 9.78 Å².